The zero-order chi connectivity index (χ0) is 13.5. The van der Waals surface area contributed by atoms with E-state index in [9.17, 15) is 4.79 Å². The van der Waals surface area contributed by atoms with Crippen LogP contribution in [0.4, 0.5) is 0 Å². The van der Waals surface area contributed by atoms with Gasteiger partial charge < -0.3 is 5.32 Å². The van der Waals surface area contributed by atoms with E-state index in [2.05, 4.69) is 40.3 Å². The van der Waals surface area contributed by atoms with Crippen LogP contribution in [0.25, 0.3) is 16.5 Å². The monoisotopic (exact) mass is 266 g/mol. The fourth-order valence-corrected chi connectivity index (χ4v) is 2.64. The lowest BCUT2D eigenvalue weighted by Crippen LogP contribution is -2.54. The minimum atomic E-state index is -0.186. The van der Waals surface area contributed by atoms with Crippen molar-refractivity contribution in [1.82, 2.24) is 21.1 Å². The van der Waals surface area contributed by atoms with E-state index in [0.717, 1.165) is 11.3 Å². The summed E-state index contributed by atoms with van der Waals surface area (Å²) in [7, 11) is 0. The Balaban J connectivity index is 1.75. The molecule has 20 heavy (non-hydrogen) atoms. The first-order valence-electron chi connectivity index (χ1n) is 6.59. The molecule has 2 aliphatic heterocycles. The highest BCUT2D eigenvalue weighted by Crippen LogP contribution is 2.22. The fraction of sp³-hybridized carbons (Fsp3) is 0.133. The smallest absolute Gasteiger partial charge is 0.265 e. The summed E-state index contributed by atoms with van der Waals surface area (Å²) in [6.45, 7) is 0.586. The van der Waals surface area contributed by atoms with Crippen LogP contribution in [0.2, 0.25) is 0 Å². The third kappa shape index (κ3) is 1.76. The normalized spacial score (nSPS) is 21.6. The molecule has 4 rings (SSSR count). The van der Waals surface area contributed by atoms with Crippen molar-refractivity contribution in [3.05, 3.63) is 54.1 Å². The van der Waals surface area contributed by atoms with Gasteiger partial charge in [-0.05, 0) is 22.4 Å². The van der Waals surface area contributed by atoms with Gasteiger partial charge >= 0.3 is 0 Å². The van der Waals surface area contributed by atoms with Crippen LogP contribution < -0.4 is 16.1 Å². The van der Waals surface area contributed by atoms with Crippen molar-refractivity contribution in [2.75, 3.05) is 6.67 Å². The molecule has 1 atom stereocenters. The summed E-state index contributed by atoms with van der Waals surface area (Å²) in [6, 6.07) is 14.4. The van der Waals surface area contributed by atoms with Gasteiger partial charge in [-0.25, -0.2) is 10.4 Å². The molecule has 5 nitrogen and oxygen atoms in total. The van der Waals surface area contributed by atoms with Crippen LogP contribution in [-0.4, -0.2) is 23.9 Å². The molecule has 100 valence electrons. The summed E-state index contributed by atoms with van der Waals surface area (Å²) in [6.07, 6.45) is 1.44. The van der Waals surface area contributed by atoms with Gasteiger partial charge in [0.05, 0.1) is 6.67 Å². The van der Waals surface area contributed by atoms with Gasteiger partial charge in [-0.2, -0.15) is 0 Å². The van der Waals surface area contributed by atoms with E-state index in [0.29, 0.717) is 6.67 Å². The van der Waals surface area contributed by atoms with E-state index in [4.69, 9.17) is 0 Å². The maximum atomic E-state index is 12.0. The Morgan fingerprint density at radius 1 is 1.10 bits per heavy atom. The number of hydrogen-bond donors (Lipinski definition) is 3. The van der Waals surface area contributed by atoms with E-state index in [-0.39, 0.29) is 12.2 Å². The molecule has 0 aromatic heterocycles. The summed E-state index contributed by atoms with van der Waals surface area (Å²) in [5, 5.41) is 10.4. The zero-order valence-corrected chi connectivity index (χ0v) is 10.8. The fourth-order valence-electron chi connectivity index (χ4n) is 2.64. The second kappa shape index (κ2) is 4.33. The SMILES string of the molecule is O=C1C=C(c2ccc3ccccc3c2)NC2NCNN12. The molecule has 0 spiro atoms. The number of nitrogens with zero attached hydrogens (tertiary/aromatic N) is 1. The van der Waals surface area contributed by atoms with Crippen LogP contribution in [0, 0.1) is 0 Å². The zero-order valence-electron chi connectivity index (χ0n) is 10.8. The Hall–Kier alpha value is -2.37. The summed E-state index contributed by atoms with van der Waals surface area (Å²) >= 11 is 0. The number of rotatable bonds is 1. The van der Waals surface area contributed by atoms with Gasteiger partial charge in [-0.1, -0.05) is 36.4 Å². The lowest BCUT2D eigenvalue weighted by Gasteiger charge is -2.29. The van der Waals surface area contributed by atoms with Crippen molar-refractivity contribution in [2.24, 2.45) is 0 Å². The van der Waals surface area contributed by atoms with Gasteiger partial charge in [0.1, 0.15) is 0 Å². The number of benzene rings is 2. The lowest BCUT2D eigenvalue weighted by atomic mass is 10.0. The minimum absolute atomic E-state index is 0.0399. The highest BCUT2D eigenvalue weighted by atomic mass is 16.2. The molecular formula is C15H14N4O. The molecule has 1 saturated heterocycles. The number of fused-ring (bicyclic) bond motifs is 2. The predicted molar refractivity (Wildman–Crippen MR) is 76.8 cm³/mol. The average Bonchev–Trinajstić information content (AvgIpc) is 2.96. The molecule has 3 N–H and O–H groups in total. The number of hydrogen-bond acceptors (Lipinski definition) is 4. The number of carbonyl (C=O) groups is 1. The predicted octanol–water partition coefficient (Wildman–Crippen LogP) is 0.961. The van der Waals surface area contributed by atoms with Crippen molar-refractivity contribution >= 4 is 22.4 Å². The summed E-state index contributed by atoms with van der Waals surface area (Å²) in [5.74, 6) is -0.0399. The van der Waals surface area contributed by atoms with Crippen molar-refractivity contribution in [3.63, 3.8) is 0 Å². The molecule has 0 saturated carbocycles. The minimum Gasteiger partial charge on any atom is -0.351 e. The standard InChI is InChI=1S/C15H14N4O/c20-14-8-13(18-15-16-9-17-19(14)15)12-6-5-10-3-1-2-4-11(10)7-12/h1-8,15-18H,9H2. The first-order valence-corrected chi connectivity index (χ1v) is 6.59. The molecule has 2 aromatic rings. The third-order valence-corrected chi connectivity index (χ3v) is 3.66. The van der Waals surface area contributed by atoms with Crippen LogP contribution in [-0.2, 0) is 4.79 Å². The number of carbonyl (C=O) groups excluding carboxylic acids is 1. The maximum absolute atomic E-state index is 12.0. The van der Waals surface area contributed by atoms with E-state index in [1.54, 1.807) is 11.1 Å². The van der Waals surface area contributed by atoms with Gasteiger partial charge in [-0.15, -0.1) is 0 Å². The van der Waals surface area contributed by atoms with Crippen molar-refractivity contribution < 1.29 is 4.79 Å². The van der Waals surface area contributed by atoms with Gasteiger partial charge in [0.2, 0.25) is 0 Å². The molecule has 1 fully saturated rings. The van der Waals surface area contributed by atoms with Gasteiger partial charge in [-0.3, -0.25) is 10.1 Å². The van der Waals surface area contributed by atoms with Crippen molar-refractivity contribution in [3.8, 4) is 0 Å². The van der Waals surface area contributed by atoms with E-state index in [1.165, 1.54) is 10.8 Å². The summed E-state index contributed by atoms with van der Waals surface area (Å²) in [5.41, 5.74) is 4.84. The summed E-state index contributed by atoms with van der Waals surface area (Å²) < 4.78 is 0. The van der Waals surface area contributed by atoms with E-state index in [1.807, 2.05) is 18.2 Å². The Labute approximate surface area is 116 Å². The van der Waals surface area contributed by atoms with Crippen LogP contribution in [0.15, 0.2) is 48.5 Å². The maximum Gasteiger partial charge on any atom is 0.265 e. The molecule has 0 radical (unpaired) electrons. The molecule has 5 heteroatoms. The quantitative estimate of drug-likeness (QED) is 0.719. The van der Waals surface area contributed by atoms with Crippen LogP contribution >= 0.6 is 0 Å². The second-order valence-electron chi connectivity index (χ2n) is 4.91. The Morgan fingerprint density at radius 2 is 1.95 bits per heavy atom. The highest BCUT2D eigenvalue weighted by molar-refractivity contribution is 5.97. The third-order valence-electron chi connectivity index (χ3n) is 3.66. The average molecular weight is 266 g/mol. The Bertz CT molecular complexity index is 725. The molecular weight excluding hydrogens is 252 g/mol. The first kappa shape index (κ1) is 11.5. The van der Waals surface area contributed by atoms with Crippen molar-refractivity contribution in [1.29, 1.82) is 0 Å². The summed E-state index contributed by atoms with van der Waals surface area (Å²) in [4.78, 5) is 12.0. The molecule has 1 unspecified atom stereocenters. The molecule has 0 aliphatic carbocycles. The van der Waals surface area contributed by atoms with Crippen LogP contribution in [0.3, 0.4) is 0 Å². The van der Waals surface area contributed by atoms with Crippen LogP contribution in [0.1, 0.15) is 5.56 Å². The van der Waals surface area contributed by atoms with Gasteiger partial charge in [0.15, 0.2) is 6.29 Å². The lowest BCUT2D eigenvalue weighted by molar-refractivity contribution is -0.130. The van der Waals surface area contributed by atoms with Crippen LogP contribution in [0.5, 0.6) is 0 Å². The number of nitrogens with one attached hydrogen (secondary N) is 3. The Morgan fingerprint density at radius 3 is 2.85 bits per heavy atom. The molecule has 2 heterocycles. The second-order valence-corrected chi connectivity index (χ2v) is 4.91. The highest BCUT2D eigenvalue weighted by Gasteiger charge is 2.31. The van der Waals surface area contributed by atoms with E-state index >= 15 is 0 Å². The topological polar surface area (TPSA) is 56.4 Å². The number of amides is 1. The van der Waals surface area contributed by atoms with E-state index < -0.39 is 0 Å². The van der Waals surface area contributed by atoms with Crippen molar-refractivity contribution in [2.45, 2.75) is 6.29 Å². The Kier molecular flexibility index (Phi) is 2.48. The number of hydrazine groups is 1. The molecule has 2 aliphatic rings. The molecule has 1 amide bonds. The molecule has 0 bridgehead atoms. The largest absolute Gasteiger partial charge is 0.351 e. The van der Waals surface area contributed by atoms with Gasteiger partial charge in [0.25, 0.3) is 5.91 Å². The first-order chi connectivity index (χ1) is 9.81. The van der Waals surface area contributed by atoms with Gasteiger partial charge in [0, 0.05) is 11.8 Å². The molecule has 2 aromatic carbocycles.